The van der Waals surface area contributed by atoms with Gasteiger partial charge in [-0.3, -0.25) is 9.59 Å². The van der Waals surface area contributed by atoms with E-state index in [-0.39, 0.29) is 35.2 Å². The maximum absolute atomic E-state index is 13.5. The minimum Gasteiger partial charge on any atom is -0.326 e. The summed E-state index contributed by atoms with van der Waals surface area (Å²) in [5.74, 6) is -0.275. The van der Waals surface area contributed by atoms with Gasteiger partial charge in [-0.2, -0.15) is 4.31 Å². The number of benzene rings is 2. The maximum atomic E-state index is 13.5. The van der Waals surface area contributed by atoms with Crippen LogP contribution in [0.5, 0.6) is 0 Å². The molecule has 0 radical (unpaired) electrons. The fourth-order valence-electron chi connectivity index (χ4n) is 5.28. The quantitative estimate of drug-likeness (QED) is 0.679. The second kappa shape index (κ2) is 9.06. The third-order valence-corrected chi connectivity index (χ3v) is 9.55. The van der Waals surface area contributed by atoms with E-state index in [9.17, 15) is 18.0 Å². The van der Waals surface area contributed by atoms with Crippen LogP contribution in [0.15, 0.2) is 41.3 Å². The lowest BCUT2D eigenvalue weighted by Gasteiger charge is -2.31. The van der Waals surface area contributed by atoms with Crippen molar-refractivity contribution in [1.29, 1.82) is 0 Å². The number of fused-ring (bicyclic) bond motifs is 1. The molecule has 2 amide bonds. The lowest BCUT2D eigenvalue weighted by Crippen LogP contribution is -2.43. The zero-order chi connectivity index (χ0) is 24.9. The Kier molecular flexibility index (Phi) is 6.21. The van der Waals surface area contributed by atoms with Crippen molar-refractivity contribution >= 4 is 33.2 Å². The molecule has 35 heavy (non-hydrogen) atoms. The number of hydrogen-bond acceptors (Lipinski definition) is 4. The van der Waals surface area contributed by atoms with Crippen LogP contribution in [0.4, 0.5) is 11.4 Å². The predicted octanol–water partition coefficient (Wildman–Crippen LogP) is 4.03. The number of carbonyl (C=O) groups is 2. The Morgan fingerprint density at radius 2 is 1.80 bits per heavy atom. The first-order valence-corrected chi connectivity index (χ1v) is 13.9. The third kappa shape index (κ3) is 4.49. The van der Waals surface area contributed by atoms with E-state index in [1.54, 1.807) is 18.2 Å². The van der Waals surface area contributed by atoms with E-state index in [1.165, 1.54) is 4.31 Å². The molecule has 0 spiro atoms. The molecule has 2 heterocycles. The molecule has 0 bridgehead atoms. The average molecular weight is 496 g/mol. The number of aryl methyl sites for hydroxylation is 1. The molecule has 0 aromatic heterocycles. The molecule has 8 heteroatoms. The number of carbonyl (C=O) groups excluding carboxylic acids is 2. The number of anilines is 2. The minimum atomic E-state index is -3.75. The van der Waals surface area contributed by atoms with Crippen molar-refractivity contribution in [2.24, 2.45) is 11.8 Å². The lowest BCUT2D eigenvalue weighted by atomic mass is 9.98. The van der Waals surface area contributed by atoms with Gasteiger partial charge in [0.05, 0.1) is 10.8 Å². The Morgan fingerprint density at radius 1 is 1.03 bits per heavy atom. The minimum absolute atomic E-state index is 0.0317. The number of piperidine rings is 1. The fraction of sp³-hybridized carbons (Fsp3) is 0.481. The Labute approximate surface area is 207 Å². The van der Waals surface area contributed by atoms with Crippen LogP contribution in [-0.4, -0.2) is 43.7 Å². The maximum Gasteiger partial charge on any atom is 0.243 e. The zero-order valence-corrected chi connectivity index (χ0v) is 21.4. The molecule has 7 nitrogen and oxygen atoms in total. The van der Waals surface area contributed by atoms with Crippen LogP contribution in [-0.2, 0) is 26.0 Å². The van der Waals surface area contributed by atoms with Gasteiger partial charge in [0.15, 0.2) is 0 Å². The highest BCUT2D eigenvalue weighted by Gasteiger charge is 2.40. The van der Waals surface area contributed by atoms with Crippen LogP contribution in [0.2, 0.25) is 0 Å². The predicted molar refractivity (Wildman–Crippen MR) is 136 cm³/mol. The highest BCUT2D eigenvalue weighted by molar-refractivity contribution is 7.89. The smallest absolute Gasteiger partial charge is 0.243 e. The molecule has 1 saturated carbocycles. The summed E-state index contributed by atoms with van der Waals surface area (Å²) in [6, 6.07) is 10.9. The first kappa shape index (κ1) is 24.0. The van der Waals surface area contributed by atoms with Gasteiger partial charge in [-0.25, -0.2) is 8.42 Å². The Morgan fingerprint density at radius 3 is 2.54 bits per heavy atom. The molecule has 2 aromatic carbocycles. The number of sulfonamides is 1. The van der Waals surface area contributed by atoms with Crippen molar-refractivity contribution in [3.8, 4) is 0 Å². The first-order chi connectivity index (χ1) is 16.7. The number of amides is 2. The van der Waals surface area contributed by atoms with Crippen LogP contribution >= 0.6 is 0 Å². The molecule has 1 N–H and O–H groups in total. The molecular weight excluding hydrogens is 462 g/mol. The fourth-order valence-corrected chi connectivity index (χ4v) is 6.85. The molecule has 3 aliphatic rings. The van der Waals surface area contributed by atoms with Crippen LogP contribution in [0.1, 0.15) is 49.3 Å². The van der Waals surface area contributed by atoms with Gasteiger partial charge in [0.1, 0.15) is 0 Å². The molecule has 2 atom stereocenters. The SMILES string of the molecule is Cc1cccc(NC(=O)[C@H]2CCCN(S(=O)(=O)c3ccc4c(c3)C[C@H](C)N4C(=O)C3CC3)C2)c1C. The third-order valence-electron chi connectivity index (χ3n) is 7.69. The van der Waals surface area contributed by atoms with Crippen molar-refractivity contribution in [2.45, 2.75) is 63.8 Å². The molecule has 2 fully saturated rings. The van der Waals surface area contributed by atoms with Gasteiger partial charge in [0, 0.05) is 36.4 Å². The van der Waals surface area contributed by atoms with Gasteiger partial charge in [-0.1, -0.05) is 12.1 Å². The Bertz CT molecular complexity index is 1290. The summed E-state index contributed by atoms with van der Waals surface area (Å²) >= 11 is 0. The van der Waals surface area contributed by atoms with Gasteiger partial charge >= 0.3 is 0 Å². The van der Waals surface area contributed by atoms with E-state index in [4.69, 9.17) is 0 Å². The highest BCUT2D eigenvalue weighted by Crippen LogP contribution is 2.40. The second-order valence-corrected chi connectivity index (χ2v) is 12.2. The molecule has 1 aliphatic carbocycles. The summed E-state index contributed by atoms with van der Waals surface area (Å²) in [6.45, 7) is 6.54. The van der Waals surface area contributed by atoms with Crippen LogP contribution in [0.25, 0.3) is 0 Å². The number of rotatable bonds is 5. The number of nitrogens with zero attached hydrogens (tertiary/aromatic N) is 2. The summed E-state index contributed by atoms with van der Waals surface area (Å²) in [5, 5.41) is 3.00. The summed E-state index contributed by atoms with van der Waals surface area (Å²) in [5.41, 5.74) is 4.61. The molecule has 186 valence electrons. The van der Waals surface area contributed by atoms with Crippen LogP contribution in [0, 0.1) is 25.7 Å². The van der Waals surface area contributed by atoms with Crippen LogP contribution in [0.3, 0.4) is 0 Å². The summed E-state index contributed by atoms with van der Waals surface area (Å²) in [4.78, 5) is 27.8. The van der Waals surface area contributed by atoms with Crippen molar-refractivity contribution in [2.75, 3.05) is 23.3 Å². The summed E-state index contributed by atoms with van der Waals surface area (Å²) in [7, 11) is -3.75. The second-order valence-electron chi connectivity index (χ2n) is 10.3. The van der Waals surface area contributed by atoms with Gasteiger partial charge < -0.3 is 10.2 Å². The molecule has 2 aliphatic heterocycles. The summed E-state index contributed by atoms with van der Waals surface area (Å²) in [6.07, 6.45) is 3.82. The normalized spacial score (nSPS) is 22.7. The Hall–Kier alpha value is -2.71. The van der Waals surface area contributed by atoms with E-state index in [1.807, 2.05) is 43.9 Å². The highest BCUT2D eigenvalue weighted by atomic mass is 32.2. The molecular formula is C27H33N3O4S. The van der Waals surface area contributed by atoms with Crippen molar-refractivity contribution < 1.29 is 18.0 Å². The molecule has 0 unspecified atom stereocenters. The largest absolute Gasteiger partial charge is 0.326 e. The number of hydrogen-bond donors (Lipinski definition) is 1. The standard InChI is InChI=1S/C27H33N3O4S/c1-17-6-4-8-24(19(17)3)28-26(31)21-7-5-13-29(16-21)35(33,34)23-11-12-25-22(15-23)14-18(2)30(25)27(32)20-9-10-20/h4,6,8,11-12,15,18,20-21H,5,7,9-10,13-14,16H2,1-3H3,(H,28,31)/t18-,21-/m0/s1. The van der Waals surface area contributed by atoms with Gasteiger partial charge in [0.25, 0.3) is 0 Å². The van der Waals surface area contributed by atoms with Crippen molar-refractivity contribution in [1.82, 2.24) is 4.31 Å². The van der Waals surface area contributed by atoms with Gasteiger partial charge in [0.2, 0.25) is 21.8 Å². The van der Waals surface area contributed by atoms with E-state index < -0.39 is 15.9 Å². The topological polar surface area (TPSA) is 86.8 Å². The van der Waals surface area contributed by atoms with E-state index in [0.717, 1.165) is 40.9 Å². The Balaban J connectivity index is 1.32. The van der Waals surface area contributed by atoms with E-state index >= 15 is 0 Å². The monoisotopic (exact) mass is 495 g/mol. The van der Waals surface area contributed by atoms with Gasteiger partial charge in [-0.15, -0.1) is 0 Å². The van der Waals surface area contributed by atoms with E-state index in [2.05, 4.69) is 5.32 Å². The molecule has 2 aromatic rings. The molecule has 5 rings (SSSR count). The number of nitrogens with one attached hydrogen (secondary N) is 1. The van der Waals surface area contributed by atoms with Crippen molar-refractivity contribution in [3.05, 3.63) is 53.1 Å². The van der Waals surface area contributed by atoms with Gasteiger partial charge in [-0.05, 0) is 93.8 Å². The van der Waals surface area contributed by atoms with E-state index in [0.29, 0.717) is 25.8 Å². The van der Waals surface area contributed by atoms with Crippen LogP contribution < -0.4 is 10.2 Å². The lowest BCUT2D eigenvalue weighted by molar-refractivity contribution is -0.121. The summed E-state index contributed by atoms with van der Waals surface area (Å²) < 4.78 is 28.5. The first-order valence-electron chi connectivity index (χ1n) is 12.5. The zero-order valence-electron chi connectivity index (χ0n) is 20.6. The average Bonchev–Trinajstić information content (AvgIpc) is 3.63. The molecule has 1 saturated heterocycles. The van der Waals surface area contributed by atoms with Crippen molar-refractivity contribution in [3.63, 3.8) is 0 Å².